The largest absolute Gasteiger partial charge is 0.384 e. The Balaban J connectivity index is 0.000000250. The van der Waals surface area contributed by atoms with Crippen LogP contribution in [0.5, 0.6) is 0 Å². The van der Waals surface area contributed by atoms with Gasteiger partial charge in [0, 0.05) is 72.5 Å². The summed E-state index contributed by atoms with van der Waals surface area (Å²) >= 11 is 0. The van der Waals surface area contributed by atoms with E-state index >= 15 is 0 Å². The van der Waals surface area contributed by atoms with Crippen LogP contribution in [0.1, 0.15) is 118 Å². The quantitative estimate of drug-likeness (QED) is 0.0754. The number of likely N-dealkylation sites (tertiary alicyclic amines) is 2. The van der Waals surface area contributed by atoms with Gasteiger partial charge in [-0.1, -0.05) is 137 Å². The molecule has 4 amide bonds. The smallest absolute Gasteiger partial charge is 0.250 e. The Morgan fingerprint density at radius 2 is 0.957 bits per heavy atom. The molecule has 5 N–H and O–H groups in total. The summed E-state index contributed by atoms with van der Waals surface area (Å²) in [6.45, 7) is 9.69. The van der Waals surface area contributed by atoms with Crippen molar-refractivity contribution in [1.29, 1.82) is 0 Å². The van der Waals surface area contributed by atoms with Gasteiger partial charge in [0.1, 0.15) is 6.10 Å². The number of piperidine rings is 2. The van der Waals surface area contributed by atoms with E-state index in [0.29, 0.717) is 60.7 Å². The van der Waals surface area contributed by atoms with Crippen molar-refractivity contribution < 1.29 is 29.1 Å². The minimum absolute atomic E-state index is 0. The number of amides is 4. The van der Waals surface area contributed by atoms with E-state index in [1.807, 2.05) is 109 Å². The van der Waals surface area contributed by atoms with Crippen molar-refractivity contribution in [2.75, 3.05) is 26.2 Å². The molecule has 0 radical (unpaired) electrons. The van der Waals surface area contributed by atoms with E-state index in [9.17, 15) is 29.1 Å². The van der Waals surface area contributed by atoms with Crippen LogP contribution in [-0.4, -0.2) is 80.5 Å². The minimum atomic E-state index is -0.737. The molecule has 69 heavy (non-hydrogen) atoms. The van der Waals surface area contributed by atoms with Gasteiger partial charge in [0.25, 0.3) is 11.8 Å². The van der Waals surface area contributed by atoms with Gasteiger partial charge in [-0.15, -0.1) is 0 Å². The number of nitrogens with zero attached hydrogens (tertiary/aromatic N) is 4. The summed E-state index contributed by atoms with van der Waals surface area (Å²) in [6.07, 6.45) is 5.44. The molecule has 2 aliphatic rings. The van der Waals surface area contributed by atoms with E-state index < -0.39 is 17.9 Å². The number of carbonyl (C=O) groups excluding carboxylic acids is 5. The number of primary amides is 2. The molecule has 2 saturated heterocycles. The van der Waals surface area contributed by atoms with E-state index in [2.05, 4.69) is 13.2 Å². The van der Waals surface area contributed by atoms with Crippen LogP contribution in [0.25, 0.3) is 22.5 Å². The number of benzene rings is 4. The predicted octanol–water partition coefficient (Wildman–Crippen LogP) is 9.26. The van der Waals surface area contributed by atoms with Crippen molar-refractivity contribution in [3.05, 3.63) is 204 Å². The molecule has 6 aromatic rings. The van der Waals surface area contributed by atoms with Crippen LogP contribution in [0, 0.1) is 0 Å². The average molecular weight is 927 g/mol. The fourth-order valence-electron chi connectivity index (χ4n) is 8.64. The molecule has 0 aliphatic carbocycles. The van der Waals surface area contributed by atoms with Gasteiger partial charge in [-0.3, -0.25) is 33.9 Å². The van der Waals surface area contributed by atoms with Crippen LogP contribution in [0.4, 0.5) is 0 Å². The van der Waals surface area contributed by atoms with E-state index in [1.165, 1.54) is 12.2 Å². The molecular weight excluding hydrogens is 865 g/mol. The monoisotopic (exact) mass is 926 g/mol. The van der Waals surface area contributed by atoms with Gasteiger partial charge in [0.05, 0.1) is 22.5 Å². The van der Waals surface area contributed by atoms with Gasteiger partial charge < -0.3 is 26.4 Å². The summed E-state index contributed by atoms with van der Waals surface area (Å²) in [6, 6.07) is 40.7. The van der Waals surface area contributed by atoms with Crippen LogP contribution >= 0.6 is 0 Å². The average Bonchev–Trinajstić information content (AvgIpc) is 3.38. The minimum Gasteiger partial charge on any atom is -0.384 e. The molecule has 0 bridgehead atoms. The van der Waals surface area contributed by atoms with Crippen molar-refractivity contribution in [1.82, 2.24) is 19.8 Å². The van der Waals surface area contributed by atoms with Gasteiger partial charge in [0.2, 0.25) is 11.8 Å². The van der Waals surface area contributed by atoms with Crippen molar-refractivity contribution >= 4 is 29.4 Å². The van der Waals surface area contributed by atoms with E-state index in [1.54, 1.807) is 34.1 Å². The Morgan fingerprint density at radius 1 is 0.565 bits per heavy atom. The predicted molar refractivity (Wildman–Crippen MR) is 272 cm³/mol. The highest BCUT2D eigenvalue weighted by Gasteiger charge is 2.27. The lowest BCUT2D eigenvalue weighted by atomic mass is 9.91. The summed E-state index contributed by atoms with van der Waals surface area (Å²) in [5.41, 5.74) is 19.4. The standard InChI is InChI=1S/C28H27N3O3.C27H27N3O3.2CH4/c1-2-26(33)31-16-14-20(15-17-31)24-13-12-23(28(29)34)27(30-24)22-10-8-21(9-11-22)25(32)18-19-6-4-3-5-7-19;1-2-24(31)30-16-14-18(15-17-30)23-13-12-22(27(28)33)25(29-23)19-8-10-21(11-9-19)26(32)20-6-4-3-5-7-20;;/h2-13,20H,1,14-18H2,(H2,29,34);2-13,18,26,32H,1,14-17H2,(H2,28,33);2*1H4. The van der Waals surface area contributed by atoms with Gasteiger partial charge >= 0.3 is 0 Å². The third-order valence-electron chi connectivity index (χ3n) is 12.5. The molecule has 8 rings (SSSR count). The molecule has 1 unspecified atom stereocenters. The number of rotatable bonds is 13. The number of carbonyl (C=O) groups is 5. The molecule has 0 saturated carbocycles. The maximum absolute atomic E-state index is 12.7. The molecule has 4 aromatic carbocycles. The molecule has 356 valence electrons. The summed E-state index contributed by atoms with van der Waals surface area (Å²) in [7, 11) is 0. The summed E-state index contributed by atoms with van der Waals surface area (Å²) in [5.74, 6) is -0.800. The number of Topliss-reactive ketones (excluding diaryl/α,β-unsaturated/α-hetero) is 1. The van der Waals surface area contributed by atoms with Gasteiger partial charge in [-0.2, -0.15) is 0 Å². The highest BCUT2D eigenvalue weighted by atomic mass is 16.3. The fourth-order valence-corrected chi connectivity index (χ4v) is 8.64. The van der Waals surface area contributed by atoms with Gasteiger partial charge in [-0.05, 0) is 78.8 Å². The normalized spacial score (nSPS) is 14.1. The van der Waals surface area contributed by atoms with Crippen LogP contribution in [0.15, 0.2) is 159 Å². The molecule has 2 aromatic heterocycles. The lowest BCUT2D eigenvalue weighted by Gasteiger charge is -2.31. The van der Waals surface area contributed by atoms with Crippen LogP contribution in [0.3, 0.4) is 0 Å². The Morgan fingerprint density at radius 3 is 1.36 bits per heavy atom. The number of nitrogens with two attached hydrogens (primary N) is 2. The molecule has 12 heteroatoms. The zero-order valence-corrected chi connectivity index (χ0v) is 37.3. The van der Waals surface area contributed by atoms with Gasteiger partial charge in [0.15, 0.2) is 5.78 Å². The number of ketones is 1. The van der Waals surface area contributed by atoms with E-state index in [-0.39, 0.29) is 44.3 Å². The molecule has 2 aliphatic heterocycles. The first-order chi connectivity index (χ1) is 32.4. The number of hydrogen-bond donors (Lipinski definition) is 3. The molecular formula is C57H62N6O6. The highest BCUT2D eigenvalue weighted by Crippen LogP contribution is 2.33. The van der Waals surface area contributed by atoms with Crippen molar-refractivity contribution in [3.63, 3.8) is 0 Å². The Labute approximate surface area is 405 Å². The van der Waals surface area contributed by atoms with E-state index in [0.717, 1.165) is 64.9 Å². The third kappa shape index (κ3) is 12.8. The van der Waals surface area contributed by atoms with Crippen LogP contribution in [-0.2, 0) is 16.0 Å². The second kappa shape index (κ2) is 24.3. The molecule has 0 spiro atoms. The Kier molecular flexibility index (Phi) is 18.3. The van der Waals surface area contributed by atoms with E-state index in [4.69, 9.17) is 21.4 Å². The topological polar surface area (TPSA) is 190 Å². The molecule has 1 atom stereocenters. The first-order valence-electron chi connectivity index (χ1n) is 22.4. The fraction of sp³-hybridized carbons (Fsp3) is 0.246. The van der Waals surface area contributed by atoms with Crippen LogP contribution in [0.2, 0.25) is 0 Å². The number of hydrogen-bond acceptors (Lipinski definition) is 8. The van der Waals surface area contributed by atoms with Crippen LogP contribution < -0.4 is 11.5 Å². The second-order valence-electron chi connectivity index (χ2n) is 16.7. The summed E-state index contributed by atoms with van der Waals surface area (Å²) in [4.78, 5) is 73.8. The molecule has 2 fully saturated rings. The summed E-state index contributed by atoms with van der Waals surface area (Å²) < 4.78 is 0. The molecule has 4 heterocycles. The van der Waals surface area contributed by atoms with Crippen molar-refractivity contribution in [2.24, 2.45) is 11.5 Å². The first-order valence-corrected chi connectivity index (χ1v) is 22.4. The van der Waals surface area contributed by atoms with Crippen molar-refractivity contribution in [2.45, 2.75) is 64.9 Å². The number of aliphatic hydroxyl groups is 1. The number of pyridine rings is 2. The number of aromatic nitrogens is 2. The molecule has 12 nitrogen and oxygen atoms in total. The lowest BCUT2D eigenvalue weighted by molar-refractivity contribution is -0.127. The first kappa shape index (κ1) is 52.1. The zero-order chi connectivity index (χ0) is 47.5. The highest BCUT2D eigenvalue weighted by molar-refractivity contribution is 6.01. The second-order valence-corrected chi connectivity index (χ2v) is 16.7. The van der Waals surface area contributed by atoms with Gasteiger partial charge in [-0.25, -0.2) is 0 Å². The Hall–Kier alpha value is -7.83. The van der Waals surface area contributed by atoms with Crippen molar-refractivity contribution in [3.8, 4) is 22.5 Å². The summed E-state index contributed by atoms with van der Waals surface area (Å²) in [5, 5.41) is 10.7. The SMILES string of the molecule is C.C.C=CC(=O)N1CCC(c2ccc(C(N)=O)c(-c3ccc(C(=O)Cc4ccccc4)cc3)n2)CC1.C=CC(=O)N1CCC(c2ccc(C(N)=O)c(-c3ccc(C(O)c4ccccc4)cc3)n2)CC1. The lowest BCUT2D eigenvalue weighted by Crippen LogP contribution is -2.37. The third-order valence-corrected chi connectivity index (χ3v) is 12.5. The zero-order valence-electron chi connectivity index (χ0n) is 37.3. The maximum Gasteiger partial charge on any atom is 0.250 e. The maximum atomic E-state index is 12.7. The Bertz CT molecular complexity index is 2740. The number of aliphatic hydroxyl groups excluding tert-OH is 1.